The Morgan fingerprint density at radius 1 is 1.28 bits per heavy atom. The van der Waals surface area contributed by atoms with E-state index in [9.17, 15) is 9.90 Å². The van der Waals surface area contributed by atoms with Gasteiger partial charge in [0.2, 0.25) is 0 Å². The number of anilines is 1. The fourth-order valence-corrected chi connectivity index (χ4v) is 2.66. The highest BCUT2D eigenvalue weighted by Gasteiger charge is 2.15. The van der Waals surface area contributed by atoms with Crippen molar-refractivity contribution in [2.45, 2.75) is 20.3 Å². The highest BCUT2D eigenvalue weighted by Crippen LogP contribution is 2.25. The topological polar surface area (TPSA) is 70.6 Å². The molecule has 0 spiro atoms. The van der Waals surface area contributed by atoms with Gasteiger partial charge in [0, 0.05) is 4.47 Å². The molecular formula is C18H19BrN2O3S. The molecule has 1 amide bonds. The van der Waals surface area contributed by atoms with Gasteiger partial charge in [-0.15, -0.1) is 0 Å². The monoisotopic (exact) mass is 422 g/mol. The molecular weight excluding hydrogens is 404 g/mol. The van der Waals surface area contributed by atoms with E-state index < -0.39 is 5.91 Å². The Bertz CT molecular complexity index is 796. The molecule has 0 saturated carbocycles. The Hall–Kier alpha value is -2.12. The largest absolute Gasteiger partial charge is 0.506 e. The minimum absolute atomic E-state index is 0.0524. The first-order valence-corrected chi connectivity index (χ1v) is 8.95. The van der Waals surface area contributed by atoms with Crippen LogP contribution in [0.2, 0.25) is 0 Å². The van der Waals surface area contributed by atoms with Crippen LogP contribution >= 0.6 is 28.1 Å². The normalized spacial score (nSPS) is 10.2. The number of ether oxygens (including phenoxy) is 1. The van der Waals surface area contributed by atoms with Gasteiger partial charge in [0.15, 0.2) is 5.11 Å². The molecule has 5 nitrogen and oxygen atoms in total. The van der Waals surface area contributed by atoms with E-state index in [0.717, 1.165) is 16.5 Å². The first-order chi connectivity index (χ1) is 11.9. The van der Waals surface area contributed by atoms with E-state index in [4.69, 9.17) is 17.0 Å². The minimum atomic E-state index is -0.392. The van der Waals surface area contributed by atoms with Crippen LogP contribution in [0.3, 0.4) is 0 Å². The Morgan fingerprint density at radius 2 is 2.04 bits per heavy atom. The molecule has 0 aliphatic rings. The lowest BCUT2D eigenvalue weighted by molar-refractivity contribution is 0.0973. The van der Waals surface area contributed by atoms with Gasteiger partial charge >= 0.3 is 0 Å². The van der Waals surface area contributed by atoms with Crippen molar-refractivity contribution in [2.24, 2.45) is 0 Å². The third-order valence-corrected chi connectivity index (χ3v) is 3.97. The fourth-order valence-electron chi connectivity index (χ4n) is 2.09. The molecule has 2 aromatic rings. The minimum Gasteiger partial charge on any atom is -0.506 e. The summed E-state index contributed by atoms with van der Waals surface area (Å²) in [6.45, 7) is 4.40. The molecule has 0 aliphatic heterocycles. The van der Waals surface area contributed by atoms with E-state index >= 15 is 0 Å². The Morgan fingerprint density at radius 3 is 2.76 bits per heavy atom. The number of phenolic OH excluding ortho intramolecular Hbond substituents is 1. The molecule has 3 N–H and O–H groups in total. The van der Waals surface area contributed by atoms with Crippen molar-refractivity contribution in [3.63, 3.8) is 0 Å². The molecule has 0 bridgehead atoms. The van der Waals surface area contributed by atoms with Crippen LogP contribution < -0.4 is 15.4 Å². The summed E-state index contributed by atoms with van der Waals surface area (Å²) in [7, 11) is 0. The summed E-state index contributed by atoms with van der Waals surface area (Å²) >= 11 is 8.53. The number of carbonyl (C=O) groups excluding carboxylic acids is 1. The van der Waals surface area contributed by atoms with Gasteiger partial charge < -0.3 is 15.2 Å². The molecule has 0 aliphatic carbocycles. The van der Waals surface area contributed by atoms with Gasteiger partial charge in [0.1, 0.15) is 11.5 Å². The van der Waals surface area contributed by atoms with Gasteiger partial charge in [-0.25, -0.2) is 0 Å². The number of thiocarbonyl (C=S) groups is 1. The van der Waals surface area contributed by atoms with Crippen molar-refractivity contribution in [2.75, 3.05) is 11.9 Å². The molecule has 132 valence electrons. The number of hydrogen-bond donors (Lipinski definition) is 3. The third-order valence-electron chi connectivity index (χ3n) is 3.28. The third kappa shape index (κ3) is 5.44. The summed E-state index contributed by atoms with van der Waals surface area (Å²) in [6.07, 6.45) is 0.837. The summed E-state index contributed by atoms with van der Waals surface area (Å²) in [5.41, 5.74) is 1.76. The van der Waals surface area contributed by atoms with Crippen LogP contribution in [-0.2, 0) is 0 Å². The molecule has 0 radical (unpaired) electrons. The van der Waals surface area contributed by atoms with E-state index in [1.165, 1.54) is 0 Å². The van der Waals surface area contributed by atoms with Crippen molar-refractivity contribution >= 4 is 44.9 Å². The van der Waals surface area contributed by atoms with Crippen LogP contribution in [0.4, 0.5) is 5.69 Å². The van der Waals surface area contributed by atoms with Crippen LogP contribution in [0.15, 0.2) is 40.9 Å². The van der Waals surface area contributed by atoms with Crippen LogP contribution in [0.1, 0.15) is 29.3 Å². The highest BCUT2D eigenvalue weighted by molar-refractivity contribution is 9.10. The van der Waals surface area contributed by atoms with Gasteiger partial charge in [0.05, 0.1) is 17.9 Å². The number of halogens is 1. The summed E-state index contributed by atoms with van der Waals surface area (Å²) in [4.78, 5) is 12.5. The maximum Gasteiger partial charge on any atom is 0.261 e. The number of phenols is 1. The molecule has 0 saturated heterocycles. The zero-order chi connectivity index (χ0) is 18.4. The predicted molar refractivity (Wildman–Crippen MR) is 106 cm³/mol. The molecule has 0 heterocycles. The number of aromatic hydroxyl groups is 1. The standard InChI is InChI=1S/C18H19BrN2O3S/c1-3-8-24-16-7-5-12(19)10-13(16)17(23)21-18(25)20-14-9-11(2)4-6-15(14)22/h4-7,9-10,22H,3,8H2,1-2H3,(H2,20,21,23,25). The van der Waals surface area contributed by atoms with Crippen molar-refractivity contribution in [3.8, 4) is 11.5 Å². The Balaban J connectivity index is 2.12. The summed E-state index contributed by atoms with van der Waals surface area (Å²) in [5, 5.41) is 15.4. The van der Waals surface area contributed by atoms with Crippen LogP contribution in [0.25, 0.3) is 0 Å². The number of rotatable bonds is 5. The second kappa shape index (κ2) is 8.82. The second-order valence-electron chi connectivity index (χ2n) is 5.42. The molecule has 25 heavy (non-hydrogen) atoms. The molecule has 2 aromatic carbocycles. The number of amides is 1. The molecule has 2 rings (SSSR count). The highest BCUT2D eigenvalue weighted by atomic mass is 79.9. The summed E-state index contributed by atoms with van der Waals surface area (Å²) in [6, 6.07) is 10.3. The molecule has 0 atom stereocenters. The van der Waals surface area contributed by atoms with Gasteiger partial charge in [-0.2, -0.15) is 0 Å². The van der Waals surface area contributed by atoms with Gasteiger partial charge in [-0.1, -0.05) is 28.9 Å². The number of hydrogen-bond acceptors (Lipinski definition) is 4. The fraction of sp³-hybridized carbons (Fsp3) is 0.222. The van der Waals surface area contributed by atoms with Crippen molar-refractivity contribution < 1.29 is 14.6 Å². The Kier molecular flexibility index (Phi) is 6.78. The Labute approximate surface area is 160 Å². The number of nitrogens with one attached hydrogen (secondary N) is 2. The second-order valence-corrected chi connectivity index (χ2v) is 6.74. The maximum atomic E-state index is 12.5. The van der Waals surface area contributed by atoms with Crippen LogP contribution in [0.5, 0.6) is 11.5 Å². The lowest BCUT2D eigenvalue weighted by Gasteiger charge is -2.14. The number of aryl methyl sites for hydroxylation is 1. The van der Waals surface area contributed by atoms with Crippen LogP contribution in [0, 0.1) is 6.92 Å². The first-order valence-electron chi connectivity index (χ1n) is 7.75. The summed E-state index contributed by atoms with van der Waals surface area (Å²) in [5.74, 6) is 0.150. The van der Waals surface area contributed by atoms with E-state index in [1.54, 1.807) is 30.3 Å². The molecule has 0 unspecified atom stereocenters. The lowest BCUT2D eigenvalue weighted by atomic mass is 10.2. The smallest absolute Gasteiger partial charge is 0.261 e. The van der Waals surface area contributed by atoms with Crippen molar-refractivity contribution in [1.82, 2.24) is 5.32 Å². The first kappa shape index (κ1) is 19.2. The molecule has 0 fully saturated rings. The SMILES string of the molecule is CCCOc1ccc(Br)cc1C(=O)NC(=S)Nc1cc(C)ccc1O. The average molecular weight is 423 g/mol. The molecule has 7 heteroatoms. The zero-order valence-electron chi connectivity index (χ0n) is 13.9. The van der Waals surface area contributed by atoms with Gasteiger partial charge in [-0.3, -0.25) is 10.1 Å². The number of carbonyl (C=O) groups is 1. The van der Waals surface area contributed by atoms with Gasteiger partial charge in [0.25, 0.3) is 5.91 Å². The van der Waals surface area contributed by atoms with E-state index in [1.807, 2.05) is 19.9 Å². The van der Waals surface area contributed by atoms with E-state index in [0.29, 0.717) is 23.6 Å². The van der Waals surface area contributed by atoms with Crippen molar-refractivity contribution in [1.29, 1.82) is 0 Å². The zero-order valence-corrected chi connectivity index (χ0v) is 16.3. The average Bonchev–Trinajstić information content (AvgIpc) is 2.57. The van der Waals surface area contributed by atoms with Crippen molar-refractivity contribution in [3.05, 3.63) is 52.0 Å². The van der Waals surface area contributed by atoms with E-state index in [-0.39, 0.29) is 10.9 Å². The quantitative estimate of drug-likeness (QED) is 0.492. The summed E-state index contributed by atoms with van der Waals surface area (Å²) < 4.78 is 6.37. The molecule has 0 aromatic heterocycles. The lowest BCUT2D eigenvalue weighted by Crippen LogP contribution is -2.34. The van der Waals surface area contributed by atoms with Crippen LogP contribution in [-0.4, -0.2) is 22.7 Å². The predicted octanol–water partition coefficient (Wildman–Crippen LogP) is 4.38. The maximum absolute atomic E-state index is 12.5. The van der Waals surface area contributed by atoms with E-state index in [2.05, 4.69) is 26.6 Å². The number of benzene rings is 2. The van der Waals surface area contributed by atoms with Gasteiger partial charge in [-0.05, 0) is 61.5 Å².